The van der Waals surface area contributed by atoms with Crippen LogP contribution in [0.2, 0.25) is 0 Å². The molecule has 0 aliphatic carbocycles. The Hall–Kier alpha value is -3.74. The zero-order valence-electron chi connectivity index (χ0n) is 15.8. The number of rotatable bonds is 6. The molecule has 2 aromatic heterocycles. The number of anilines is 2. The highest BCUT2D eigenvalue weighted by Crippen LogP contribution is 2.33. The third-order valence-electron chi connectivity index (χ3n) is 4.42. The summed E-state index contributed by atoms with van der Waals surface area (Å²) in [5.41, 5.74) is 3.25. The number of para-hydroxylation sites is 2. The molecule has 0 amide bonds. The molecule has 0 aliphatic heterocycles. The fourth-order valence-corrected chi connectivity index (χ4v) is 3.02. The molecule has 2 aromatic carbocycles. The van der Waals surface area contributed by atoms with Gasteiger partial charge in [0.15, 0.2) is 11.5 Å². The Morgan fingerprint density at radius 3 is 2.43 bits per heavy atom. The van der Waals surface area contributed by atoms with Gasteiger partial charge < -0.3 is 19.5 Å². The first-order valence-corrected chi connectivity index (χ1v) is 8.70. The van der Waals surface area contributed by atoms with Crippen LogP contribution in [0.1, 0.15) is 0 Å². The van der Waals surface area contributed by atoms with Crippen molar-refractivity contribution in [1.82, 2.24) is 14.4 Å². The van der Waals surface area contributed by atoms with Gasteiger partial charge >= 0.3 is 0 Å². The Labute approximate surface area is 162 Å². The smallest absolute Gasteiger partial charge is 0.213 e. The predicted molar refractivity (Wildman–Crippen MR) is 108 cm³/mol. The Kier molecular flexibility index (Phi) is 4.72. The zero-order chi connectivity index (χ0) is 19.5. The molecule has 0 radical (unpaired) electrons. The lowest BCUT2D eigenvalue weighted by Gasteiger charge is -2.14. The molecule has 0 saturated heterocycles. The summed E-state index contributed by atoms with van der Waals surface area (Å²) in [6.07, 6.45) is 3.60. The quantitative estimate of drug-likeness (QED) is 0.545. The van der Waals surface area contributed by atoms with Crippen molar-refractivity contribution in [2.45, 2.75) is 0 Å². The molecule has 4 aromatic rings. The second kappa shape index (κ2) is 7.48. The van der Waals surface area contributed by atoms with Crippen LogP contribution in [-0.4, -0.2) is 35.7 Å². The molecule has 7 nitrogen and oxygen atoms in total. The molecule has 0 atom stereocenters. The molecule has 0 bridgehead atoms. The third kappa shape index (κ3) is 3.18. The Bertz CT molecular complexity index is 1120. The van der Waals surface area contributed by atoms with Gasteiger partial charge in [0.05, 0.1) is 32.7 Å². The largest absolute Gasteiger partial charge is 0.495 e. The van der Waals surface area contributed by atoms with Gasteiger partial charge in [0.25, 0.3) is 0 Å². The highest BCUT2D eigenvalue weighted by atomic mass is 16.5. The second-order valence-electron chi connectivity index (χ2n) is 6.02. The molecule has 1 N–H and O–H groups in total. The SMILES string of the molecule is COc1ccccc1Nc1nc(-c2ccc(OC)c(OC)c2)cc2nccn12. The second-order valence-corrected chi connectivity index (χ2v) is 6.02. The number of nitrogens with one attached hydrogen (secondary N) is 1. The number of benzene rings is 2. The van der Waals surface area contributed by atoms with E-state index >= 15 is 0 Å². The molecule has 4 rings (SSSR count). The molecule has 0 unspecified atom stereocenters. The van der Waals surface area contributed by atoms with Crippen LogP contribution >= 0.6 is 0 Å². The van der Waals surface area contributed by atoms with Crippen molar-refractivity contribution < 1.29 is 14.2 Å². The highest BCUT2D eigenvalue weighted by molar-refractivity contribution is 5.71. The summed E-state index contributed by atoms with van der Waals surface area (Å²) in [6, 6.07) is 15.3. The zero-order valence-corrected chi connectivity index (χ0v) is 15.8. The first-order chi connectivity index (χ1) is 13.7. The van der Waals surface area contributed by atoms with Gasteiger partial charge in [-0.3, -0.25) is 4.40 Å². The minimum absolute atomic E-state index is 0.629. The number of imidazole rings is 1. The van der Waals surface area contributed by atoms with Crippen LogP contribution < -0.4 is 19.5 Å². The lowest BCUT2D eigenvalue weighted by molar-refractivity contribution is 0.355. The number of methoxy groups -OCH3 is 3. The van der Waals surface area contributed by atoms with Crippen molar-refractivity contribution >= 4 is 17.3 Å². The number of nitrogens with zero attached hydrogens (tertiary/aromatic N) is 3. The van der Waals surface area contributed by atoms with E-state index in [0.29, 0.717) is 17.4 Å². The molecule has 0 aliphatic rings. The number of aromatic nitrogens is 3. The molecular weight excluding hydrogens is 356 g/mol. The van der Waals surface area contributed by atoms with Crippen molar-refractivity contribution in [2.75, 3.05) is 26.6 Å². The van der Waals surface area contributed by atoms with E-state index in [-0.39, 0.29) is 0 Å². The number of hydrogen-bond donors (Lipinski definition) is 1. The standard InChI is InChI=1S/C21H20N4O3/c1-26-17-7-5-4-6-15(17)23-21-24-16(13-20-22-10-11-25(20)21)14-8-9-18(27-2)19(12-14)28-3/h4-13H,1-3H3,(H,23,24). The summed E-state index contributed by atoms with van der Waals surface area (Å²) in [6.45, 7) is 0. The van der Waals surface area contributed by atoms with Gasteiger partial charge in [-0.25, -0.2) is 9.97 Å². The molecule has 7 heteroatoms. The van der Waals surface area contributed by atoms with Crippen LogP contribution in [0.4, 0.5) is 11.6 Å². The third-order valence-corrected chi connectivity index (χ3v) is 4.42. The van der Waals surface area contributed by atoms with Crippen LogP contribution in [0.3, 0.4) is 0 Å². The average Bonchev–Trinajstić information content (AvgIpc) is 3.22. The molecule has 28 heavy (non-hydrogen) atoms. The highest BCUT2D eigenvalue weighted by Gasteiger charge is 2.13. The van der Waals surface area contributed by atoms with Crippen LogP contribution in [0.15, 0.2) is 60.9 Å². The Morgan fingerprint density at radius 1 is 0.857 bits per heavy atom. The van der Waals surface area contributed by atoms with Gasteiger partial charge in [0.1, 0.15) is 11.4 Å². The Balaban J connectivity index is 1.81. The summed E-state index contributed by atoms with van der Waals surface area (Å²) in [4.78, 5) is 9.23. The number of fused-ring (bicyclic) bond motifs is 1. The van der Waals surface area contributed by atoms with Crippen LogP contribution in [0.25, 0.3) is 16.9 Å². The normalized spacial score (nSPS) is 10.7. The van der Waals surface area contributed by atoms with Crippen molar-refractivity contribution in [2.24, 2.45) is 0 Å². The summed E-state index contributed by atoms with van der Waals surface area (Å²) >= 11 is 0. The fraction of sp³-hybridized carbons (Fsp3) is 0.143. The van der Waals surface area contributed by atoms with Crippen LogP contribution in [-0.2, 0) is 0 Å². The molecule has 142 valence electrons. The minimum atomic E-state index is 0.629. The molecule has 0 spiro atoms. The maximum absolute atomic E-state index is 5.44. The lowest BCUT2D eigenvalue weighted by Crippen LogP contribution is -2.03. The first kappa shape index (κ1) is 17.7. The average molecular weight is 376 g/mol. The summed E-state index contributed by atoms with van der Waals surface area (Å²) in [5, 5.41) is 3.34. The van der Waals surface area contributed by atoms with E-state index in [2.05, 4.69) is 10.3 Å². The number of hydrogen-bond acceptors (Lipinski definition) is 6. The molecule has 0 saturated carbocycles. The maximum atomic E-state index is 5.44. The predicted octanol–water partition coefficient (Wildman–Crippen LogP) is 4.17. The summed E-state index contributed by atoms with van der Waals surface area (Å²) in [7, 11) is 4.87. The van der Waals surface area contributed by atoms with E-state index in [1.807, 2.05) is 59.1 Å². The van der Waals surface area contributed by atoms with Gasteiger partial charge in [-0.05, 0) is 30.3 Å². The number of ether oxygens (including phenoxy) is 3. The van der Waals surface area contributed by atoms with Crippen molar-refractivity contribution in [3.63, 3.8) is 0 Å². The van der Waals surface area contributed by atoms with Gasteiger partial charge in [-0.15, -0.1) is 0 Å². The van der Waals surface area contributed by atoms with Crippen LogP contribution in [0, 0.1) is 0 Å². The lowest BCUT2D eigenvalue weighted by atomic mass is 10.1. The van der Waals surface area contributed by atoms with Crippen molar-refractivity contribution in [3.8, 4) is 28.5 Å². The van der Waals surface area contributed by atoms with E-state index in [9.17, 15) is 0 Å². The molecule has 0 fully saturated rings. The van der Waals surface area contributed by atoms with Crippen LogP contribution in [0.5, 0.6) is 17.2 Å². The topological polar surface area (TPSA) is 69.9 Å². The first-order valence-electron chi connectivity index (χ1n) is 8.70. The maximum Gasteiger partial charge on any atom is 0.213 e. The van der Waals surface area contributed by atoms with E-state index in [1.54, 1.807) is 27.5 Å². The fourth-order valence-electron chi connectivity index (χ4n) is 3.02. The molecule has 2 heterocycles. The van der Waals surface area contributed by atoms with Gasteiger partial charge in [0, 0.05) is 24.0 Å². The summed E-state index contributed by atoms with van der Waals surface area (Å²) < 4.78 is 18.1. The van der Waals surface area contributed by atoms with Gasteiger partial charge in [-0.2, -0.15) is 0 Å². The molecular formula is C21H20N4O3. The van der Waals surface area contributed by atoms with Gasteiger partial charge in [-0.1, -0.05) is 12.1 Å². The van der Waals surface area contributed by atoms with E-state index in [0.717, 1.165) is 28.3 Å². The van der Waals surface area contributed by atoms with Gasteiger partial charge in [0.2, 0.25) is 5.95 Å². The minimum Gasteiger partial charge on any atom is -0.495 e. The summed E-state index contributed by atoms with van der Waals surface area (Å²) in [5.74, 6) is 2.67. The van der Waals surface area contributed by atoms with E-state index < -0.39 is 0 Å². The van der Waals surface area contributed by atoms with E-state index in [1.165, 1.54) is 0 Å². The van der Waals surface area contributed by atoms with Crippen molar-refractivity contribution in [3.05, 3.63) is 60.9 Å². The van der Waals surface area contributed by atoms with Crippen molar-refractivity contribution in [1.29, 1.82) is 0 Å². The van der Waals surface area contributed by atoms with E-state index in [4.69, 9.17) is 19.2 Å². The monoisotopic (exact) mass is 376 g/mol. The Morgan fingerprint density at radius 2 is 1.64 bits per heavy atom.